The Kier molecular flexibility index (Phi) is 4.02. The highest BCUT2D eigenvalue weighted by atomic mass is 79.9. The van der Waals surface area contributed by atoms with E-state index in [1.54, 1.807) is 0 Å². The van der Waals surface area contributed by atoms with E-state index < -0.39 is 0 Å². The number of nitrogens with zero attached hydrogens (tertiary/aromatic N) is 2. The van der Waals surface area contributed by atoms with Gasteiger partial charge in [0.05, 0.1) is 17.4 Å². The van der Waals surface area contributed by atoms with Crippen LogP contribution in [0.1, 0.15) is 25.5 Å². The average molecular weight is 341 g/mol. The molecule has 2 fully saturated rings. The topological polar surface area (TPSA) is 34.6 Å². The van der Waals surface area contributed by atoms with Crippen molar-refractivity contribution in [3.63, 3.8) is 0 Å². The van der Waals surface area contributed by atoms with Crippen molar-refractivity contribution in [2.45, 2.75) is 38.4 Å². The third-order valence-corrected chi connectivity index (χ3v) is 4.98. The van der Waals surface area contributed by atoms with E-state index in [0.29, 0.717) is 0 Å². The van der Waals surface area contributed by atoms with Crippen molar-refractivity contribution in [2.24, 2.45) is 0 Å². The number of aryl methyl sites for hydroxylation is 1. The zero-order chi connectivity index (χ0) is 14.2. The highest BCUT2D eigenvalue weighted by molar-refractivity contribution is 9.10. The molecular weight excluding hydrogens is 320 g/mol. The second-order valence-corrected chi connectivity index (χ2v) is 6.70. The maximum absolute atomic E-state index is 6.26. The molecule has 0 saturated carbocycles. The average Bonchev–Trinajstić information content (AvgIpc) is 2.42. The van der Waals surface area contributed by atoms with Gasteiger partial charge in [-0.3, -0.25) is 0 Å². The summed E-state index contributed by atoms with van der Waals surface area (Å²) in [5.74, 6) is 1.05. The van der Waals surface area contributed by atoms with Gasteiger partial charge >= 0.3 is 0 Å². The number of ether oxygens (including phenoxy) is 2. The quantitative estimate of drug-likeness (QED) is 0.787. The fourth-order valence-corrected chi connectivity index (χ4v) is 3.35. The first-order chi connectivity index (χ1) is 9.58. The highest BCUT2D eigenvalue weighted by Crippen LogP contribution is 2.33. The SMILES string of the molecule is Cc1nc(N2C[C@@H](C)OC3(CCOCC3)C2)ccc1Br. The first kappa shape index (κ1) is 14.3. The molecule has 0 amide bonds. The Labute approximate surface area is 128 Å². The number of aromatic nitrogens is 1. The second-order valence-electron chi connectivity index (χ2n) is 5.84. The van der Waals surface area contributed by atoms with Gasteiger partial charge in [0.15, 0.2) is 0 Å². The molecule has 2 saturated heterocycles. The summed E-state index contributed by atoms with van der Waals surface area (Å²) in [6.45, 7) is 7.59. The van der Waals surface area contributed by atoms with E-state index >= 15 is 0 Å². The molecule has 110 valence electrons. The Balaban J connectivity index is 1.83. The maximum Gasteiger partial charge on any atom is 0.129 e. The van der Waals surface area contributed by atoms with Crippen molar-refractivity contribution in [3.8, 4) is 0 Å². The van der Waals surface area contributed by atoms with Gasteiger partial charge in [0, 0.05) is 43.6 Å². The lowest BCUT2D eigenvalue weighted by molar-refractivity contribution is -0.145. The van der Waals surface area contributed by atoms with Gasteiger partial charge in [-0.1, -0.05) is 0 Å². The number of morpholine rings is 1. The molecule has 2 aliphatic heterocycles. The van der Waals surface area contributed by atoms with Crippen LogP contribution >= 0.6 is 15.9 Å². The van der Waals surface area contributed by atoms with Gasteiger partial charge in [0.2, 0.25) is 0 Å². The number of pyridine rings is 1. The van der Waals surface area contributed by atoms with E-state index in [0.717, 1.165) is 55.1 Å². The van der Waals surface area contributed by atoms with E-state index in [1.807, 2.05) is 6.92 Å². The molecule has 1 spiro atoms. The molecule has 1 aromatic rings. The Morgan fingerprint density at radius 2 is 2.10 bits per heavy atom. The van der Waals surface area contributed by atoms with Crippen LogP contribution in [0.5, 0.6) is 0 Å². The normalized spacial score (nSPS) is 25.9. The molecule has 3 heterocycles. The molecule has 1 atom stereocenters. The van der Waals surface area contributed by atoms with Gasteiger partial charge < -0.3 is 14.4 Å². The Morgan fingerprint density at radius 1 is 1.35 bits per heavy atom. The first-order valence-electron chi connectivity index (χ1n) is 7.22. The largest absolute Gasteiger partial charge is 0.381 e. The predicted molar refractivity (Wildman–Crippen MR) is 82.2 cm³/mol. The summed E-state index contributed by atoms with van der Waals surface area (Å²) >= 11 is 3.51. The van der Waals surface area contributed by atoms with Crippen LogP contribution < -0.4 is 4.90 Å². The summed E-state index contributed by atoms with van der Waals surface area (Å²) in [5, 5.41) is 0. The second kappa shape index (κ2) is 5.62. The molecule has 5 heteroatoms. The summed E-state index contributed by atoms with van der Waals surface area (Å²) in [6, 6.07) is 4.16. The van der Waals surface area contributed by atoms with Crippen LogP contribution in [0.4, 0.5) is 5.82 Å². The van der Waals surface area contributed by atoms with Crippen LogP contribution in [0.2, 0.25) is 0 Å². The summed E-state index contributed by atoms with van der Waals surface area (Å²) in [4.78, 5) is 7.06. The summed E-state index contributed by atoms with van der Waals surface area (Å²) in [5.41, 5.74) is 0.973. The van der Waals surface area contributed by atoms with Crippen molar-refractivity contribution in [1.82, 2.24) is 4.98 Å². The molecule has 4 nitrogen and oxygen atoms in total. The van der Waals surface area contributed by atoms with Crippen molar-refractivity contribution in [3.05, 3.63) is 22.3 Å². The molecule has 3 rings (SSSR count). The first-order valence-corrected chi connectivity index (χ1v) is 8.01. The van der Waals surface area contributed by atoms with E-state index in [9.17, 15) is 0 Å². The third-order valence-electron chi connectivity index (χ3n) is 4.14. The lowest BCUT2D eigenvalue weighted by atomic mass is 9.91. The summed E-state index contributed by atoms with van der Waals surface area (Å²) < 4.78 is 12.8. The molecular formula is C15H21BrN2O2. The molecule has 0 radical (unpaired) electrons. The number of halogens is 1. The molecule has 0 bridgehead atoms. The van der Waals surface area contributed by atoms with Crippen LogP contribution in [0.15, 0.2) is 16.6 Å². The third kappa shape index (κ3) is 2.85. The van der Waals surface area contributed by atoms with Crippen LogP contribution in [-0.2, 0) is 9.47 Å². The number of rotatable bonds is 1. The molecule has 0 aromatic carbocycles. The number of anilines is 1. The Hall–Kier alpha value is -0.650. The lowest BCUT2D eigenvalue weighted by Crippen LogP contribution is -2.57. The van der Waals surface area contributed by atoms with Crippen LogP contribution in [0.25, 0.3) is 0 Å². The van der Waals surface area contributed by atoms with Gasteiger partial charge in [-0.05, 0) is 41.9 Å². The summed E-state index contributed by atoms with van der Waals surface area (Å²) in [7, 11) is 0. The fraction of sp³-hybridized carbons (Fsp3) is 0.667. The minimum Gasteiger partial charge on any atom is -0.381 e. The summed E-state index contributed by atoms with van der Waals surface area (Å²) in [6.07, 6.45) is 2.18. The van der Waals surface area contributed by atoms with Crippen molar-refractivity contribution >= 4 is 21.7 Å². The monoisotopic (exact) mass is 340 g/mol. The van der Waals surface area contributed by atoms with Crippen LogP contribution in [-0.4, -0.2) is 43.0 Å². The molecule has 2 aliphatic rings. The van der Waals surface area contributed by atoms with Crippen molar-refractivity contribution in [1.29, 1.82) is 0 Å². The van der Waals surface area contributed by atoms with Crippen molar-refractivity contribution < 1.29 is 9.47 Å². The maximum atomic E-state index is 6.26. The lowest BCUT2D eigenvalue weighted by Gasteiger charge is -2.47. The van der Waals surface area contributed by atoms with Crippen molar-refractivity contribution in [2.75, 3.05) is 31.2 Å². The van der Waals surface area contributed by atoms with Gasteiger partial charge in [-0.15, -0.1) is 0 Å². The zero-order valence-electron chi connectivity index (χ0n) is 12.1. The Morgan fingerprint density at radius 3 is 2.80 bits per heavy atom. The van der Waals surface area contributed by atoms with E-state index in [2.05, 4.69) is 39.9 Å². The minimum absolute atomic E-state index is 0.0570. The van der Waals surface area contributed by atoms with Gasteiger partial charge in [-0.2, -0.15) is 0 Å². The Bertz CT molecular complexity index is 489. The predicted octanol–water partition coefficient (Wildman–Crippen LogP) is 2.93. The highest BCUT2D eigenvalue weighted by Gasteiger charge is 2.41. The minimum atomic E-state index is -0.0570. The molecule has 1 aromatic heterocycles. The van der Waals surface area contributed by atoms with Gasteiger partial charge in [-0.25, -0.2) is 4.98 Å². The van der Waals surface area contributed by atoms with Crippen LogP contribution in [0.3, 0.4) is 0 Å². The molecule has 0 unspecified atom stereocenters. The standard InChI is InChI=1S/C15H21BrN2O2/c1-11-9-18(14-4-3-13(16)12(2)17-14)10-15(20-11)5-7-19-8-6-15/h3-4,11H,5-10H2,1-2H3/t11-/m1/s1. The fourth-order valence-electron chi connectivity index (χ4n) is 3.12. The number of hydrogen-bond acceptors (Lipinski definition) is 4. The molecule has 0 aliphatic carbocycles. The van der Waals surface area contributed by atoms with E-state index in [4.69, 9.17) is 14.5 Å². The van der Waals surface area contributed by atoms with Gasteiger partial charge in [0.1, 0.15) is 5.82 Å². The van der Waals surface area contributed by atoms with Crippen LogP contribution in [0, 0.1) is 6.92 Å². The molecule has 20 heavy (non-hydrogen) atoms. The van der Waals surface area contributed by atoms with E-state index in [1.165, 1.54) is 0 Å². The van der Waals surface area contributed by atoms with E-state index in [-0.39, 0.29) is 11.7 Å². The molecule has 0 N–H and O–H groups in total. The number of hydrogen-bond donors (Lipinski definition) is 0. The zero-order valence-corrected chi connectivity index (χ0v) is 13.6. The van der Waals surface area contributed by atoms with Gasteiger partial charge in [0.25, 0.3) is 0 Å². The smallest absolute Gasteiger partial charge is 0.129 e.